The summed E-state index contributed by atoms with van der Waals surface area (Å²) in [6.07, 6.45) is -7.08. The van der Waals surface area contributed by atoms with Gasteiger partial charge in [0.1, 0.15) is 23.4 Å². The number of hydrogen-bond donors (Lipinski definition) is 7. The van der Waals surface area contributed by atoms with E-state index in [1.165, 1.54) is 29.7 Å². The number of benzene rings is 2. The number of anilines is 2. The molecular formula is C62H81ClF6N8O13. The molecule has 0 spiro atoms. The maximum atomic E-state index is 14.5. The third-order valence-electron chi connectivity index (χ3n) is 11.8. The average molecular weight is 1300 g/mol. The Morgan fingerprint density at radius 3 is 1.29 bits per heavy atom. The normalized spacial score (nSPS) is 13.2. The van der Waals surface area contributed by atoms with Gasteiger partial charge in [-0.15, -0.1) is 38.7 Å². The third kappa shape index (κ3) is 25.5. The van der Waals surface area contributed by atoms with Crippen LogP contribution in [0.5, 0.6) is 11.8 Å². The van der Waals surface area contributed by atoms with Gasteiger partial charge in [-0.3, -0.25) is 41.3 Å². The molecule has 496 valence electrons. The van der Waals surface area contributed by atoms with Crippen LogP contribution in [0.25, 0.3) is 0 Å². The number of rotatable bonds is 26. The summed E-state index contributed by atoms with van der Waals surface area (Å²) in [5.74, 6) is -0.394. The highest BCUT2D eigenvalue weighted by Gasteiger charge is 2.62. The Labute approximate surface area is 526 Å². The molecule has 4 aromatic rings. The fraction of sp³-hybridized carbons (Fsp3) is 0.419. The molecule has 0 bridgehead atoms. The third-order valence-corrected chi connectivity index (χ3v) is 11.8. The molecule has 0 aliphatic carbocycles. The first-order valence-corrected chi connectivity index (χ1v) is 27.6. The number of aromatic nitrogens is 2. The lowest BCUT2D eigenvalue weighted by atomic mass is 9.95. The summed E-state index contributed by atoms with van der Waals surface area (Å²) in [6, 6.07) is 19.2. The second kappa shape index (κ2) is 36.2. The number of carboxylic acids is 1. The van der Waals surface area contributed by atoms with E-state index in [9.17, 15) is 60.2 Å². The van der Waals surface area contributed by atoms with Crippen molar-refractivity contribution in [3.63, 3.8) is 0 Å². The van der Waals surface area contributed by atoms with E-state index in [-0.39, 0.29) is 66.8 Å². The van der Waals surface area contributed by atoms with E-state index in [4.69, 9.17) is 34.3 Å². The van der Waals surface area contributed by atoms with Gasteiger partial charge >= 0.3 is 30.5 Å². The molecule has 2 aromatic heterocycles. The van der Waals surface area contributed by atoms with Crippen molar-refractivity contribution in [2.75, 3.05) is 10.6 Å². The second-order valence-electron chi connectivity index (χ2n) is 21.7. The first kappa shape index (κ1) is 79.5. The SMILES string of the molecule is C=CCC[C@@](OCc1ccccc1)(C(=O)NN)C(F)(F)F.C=CCC[C@@](OCc1ccccc1)(C(=O)NNC(=O)c1nc(O[C@H](C)CC=C)c(C)cc1NC(=O)OC(C)(C)C)C(F)(F)F.C=CC[C@@H](C)Oc1nc(C(=O)O)c(NC(=O)OC(C)(C)C)cc1C.Cl. The van der Waals surface area contributed by atoms with Crippen molar-refractivity contribution in [3.8, 4) is 11.8 Å². The van der Waals surface area contributed by atoms with Crippen molar-refractivity contribution >= 4 is 59.7 Å². The van der Waals surface area contributed by atoms with E-state index in [2.05, 4.69) is 46.9 Å². The maximum absolute atomic E-state index is 14.5. The number of nitrogens with two attached hydrogens (primary N) is 1. The number of halogens is 7. The zero-order chi connectivity index (χ0) is 67.6. The number of aryl methyl sites for hydroxylation is 2. The minimum Gasteiger partial charge on any atom is -0.476 e. The summed E-state index contributed by atoms with van der Waals surface area (Å²) in [7, 11) is 0. The van der Waals surface area contributed by atoms with Gasteiger partial charge in [-0.05, 0) is 118 Å². The number of alkyl halides is 6. The minimum atomic E-state index is -5.17. The van der Waals surface area contributed by atoms with Crippen molar-refractivity contribution in [3.05, 3.63) is 157 Å². The Kier molecular flexibility index (Phi) is 32.0. The van der Waals surface area contributed by atoms with Gasteiger partial charge in [0.25, 0.3) is 17.7 Å². The molecule has 28 heteroatoms. The van der Waals surface area contributed by atoms with E-state index in [0.29, 0.717) is 35.1 Å². The molecule has 0 saturated heterocycles. The number of hydrazine groups is 2. The molecule has 2 aromatic carbocycles. The Morgan fingerprint density at radius 1 is 0.589 bits per heavy atom. The molecule has 0 aliphatic heterocycles. The van der Waals surface area contributed by atoms with Gasteiger partial charge in [-0.1, -0.05) is 85.0 Å². The molecule has 90 heavy (non-hydrogen) atoms. The van der Waals surface area contributed by atoms with Crippen LogP contribution in [0, 0.1) is 13.8 Å². The monoisotopic (exact) mass is 1290 g/mol. The van der Waals surface area contributed by atoms with E-state index >= 15 is 0 Å². The highest BCUT2D eigenvalue weighted by atomic mass is 35.5. The highest BCUT2D eigenvalue weighted by molar-refractivity contribution is 6.02. The number of carbonyl (C=O) groups is 6. The van der Waals surface area contributed by atoms with Crippen LogP contribution in [0.2, 0.25) is 0 Å². The highest BCUT2D eigenvalue weighted by Crippen LogP contribution is 2.40. The predicted molar refractivity (Wildman–Crippen MR) is 329 cm³/mol. The van der Waals surface area contributed by atoms with Crippen molar-refractivity contribution < 1.29 is 88.6 Å². The van der Waals surface area contributed by atoms with E-state index in [1.54, 1.807) is 135 Å². The van der Waals surface area contributed by atoms with Gasteiger partial charge in [-0.25, -0.2) is 30.2 Å². The van der Waals surface area contributed by atoms with E-state index < -0.39 is 102 Å². The van der Waals surface area contributed by atoms with Gasteiger partial charge in [-0.2, -0.15) is 26.3 Å². The maximum Gasteiger partial charge on any atom is 0.426 e. The first-order chi connectivity index (χ1) is 41.4. The predicted octanol–water partition coefficient (Wildman–Crippen LogP) is 13.0. The van der Waals surface area contributed by atoms with Crippen molar-refractivity contribution in [2.45, 2.75) is 168 Å². The molecule has 0 aliphatic rings. The summed E-state index contributed by atoms with van der Waals surface area (Å²) in [5.41, 5.74) is -1.47. The summed E-state index contributed by atoms with van der Waals surface area (Å²) in [6.45, 7) is 30.2. The minimum absolute atomic E-state index is 0. The summed E-state index contributed by atoms with van der Waals surface area (Å²) in [4.78, 5) is 82.2. The van der Waals surface area contributed by atoms with Gasteiger partial charge in [0, 0.05) is 24.0 Å². The molecule has 5 amide bonds. The molecule has 4 rings (SSSR count). The number of amides is 5. The van der Waals surface area contributed by atoms with Gasteiger partial charge < -0.3 is 33.5 Å². The lowest BCUT2D eigenvalue weighted by molar-refractivity contribution is -0.273. The number of carboxylic acid groups (broad SMARTS) is 1. The van der Waals surface area contributed by atoms with Crippen LogP contribution in [0.1, 0.15) is 137 Å². The van der Waals surface area contributed by atoms with Crippen molar-refractivity contribution in [2.24, 2.45) is 5.84 Å². The lowest BCUT2D eigenvalue weighted by Crippen LogP contribution is -2.61. The summed E-state index contributed by atoms with van der Waals surface area (Å²) >= 11 is 0. The van der Waals surface area contributed by atoms with Crippen LogP contribution < -0.4 is 42.2 Å². The Morgan fingerprint density at radius 2 is 0.956 bits per heavy atom. The molecule has 21 nitrogen and oxygen atoms in total. The zero-order valence-corrected chi connectivity index (χ0v) is 52.7. The van der Waals surface area contributed by atoms with Crippen LogP contribution in [0.3, 0.4) is 0 Å². The molecule has 4 atom stereocenters. The smallest absolute Gasteiger partial charge is 0.426 e. The number of nitrogens with one attached hydrogen (secondary N) is 5. The van der Waals surface area contributed by atoms with Gasteiger partial charge in [0.2, 0.25) is 23.0 Å². The Balaban J connectivity index is 0.000000741. The lowest BCUT2D eigenvalue weighted by Gasteiger charge is -2.34. The quantitative estimate of drug-likeness (QED) is 0.0101. The molecule has 0 fully saturated rings. The van der Waals surface area contributed by atoms with Gasteiger partial charge in [0.05, 0.1) is 24.6 Å². The fourth-order valence-electron chi connectivity index (χ4n) is 7.50. The van der Waals surface area contributed by atoms with Crippen LogP contribution >= 0.6 is 12.4 Å². The fourth-order valence-corrected chi connectivity index (χ4v) is 7.50. The molecule has 8 N–H and O–H groups in total. The van der Waals surface area contributed by atoms with Crippen LogP contribution in [-0.4, -0.2) is 97.9 Å². The van der Waals surface area contributed by atoms with E-state index in [1.807, 2.05) is 17.8 Å². The average Bonchev–Trinajstić information content (AvgIpc) is 1.28. The molecule has 0 radical (unpaired) electrons. The first-order valence-electron chi connectivity index (χ1n) is 27.6. The van der Waals surface area contributed by atoms with Crippen LogP contribution in [-0.2, 0) is 41.8 Å². The molecule has 0 unspecified atom stereocenters. The topological polar surface area (TPSA) is 290 Å². The largest absolute Gasteiger partial charge is 0.476 e. The van der Waals surface area contributed by atoms with Crippen molar-refractivity contribution in [1.82, 2.24) is 26.2 Å². The molecular weight excluding hydrogens is 1210 g/mol. The summed E-state index contributed by atoms with van der Waals surface area (Å²) < 4.78 is 116. The van der Waals surface area contributed by atoms with E-state index in [0.717, 1.165) is 0 Å². The van der Waals surface area contributed by atoms with Crippen LogP contribution in [0.15, 0.2) is 123 Å². The van der Waals surface area contributed by atoms with Crippen LogP contribution in [0.4, 0.5) is 47.3 Å². The number of allylic oxidation sites excluding steroid dienone is 2. The number of nitrogens with zero attached hydrogens (tertiary/aromatic N) is 2. The number of carbonyl (C=O) groups excluding carboxylic acids is 5. The number of hydrogen-bond acceptors (Lipinski definition) is 15. The Hall–Kier alpha value is -8.53. The number of aromatic carboxylic acids is 1. The Bertz CT molecular complexity index is 3050. The number of pyridine rings is 2. The molecule has 0 saturated carbocycles. The standard InChI is InChI=1S/C31H39F3N4O6.C17H24N2O5.C14H17F3N2O2.ClH/c1-8-10-17-30(31(32,33)34,42-19-22-15-12-11-13-16-22)27(40)38-37-25(39)24-23(35-28(41)44-29(5,6)7)18-20(3)26(36-24)43-21(4)14-9-2;1-7-8-11(3)23-14-10(2)9-12(13(19-14)15(20)21)18-16(22)24-17(4,5)6;1-2-3-9-13(12(20)19-18,14(15,16)17)21-10-11-7-5-4-6-8-11;/h8-9,11-13,15-16,18,21H,1-2,10,14,17,19H2,3-7H3,(H,35,41)(H,37,39)(H,38,40);7,9,11H,1,8H2,2-6H3,(H,18,22)(H,20,21);2,4-8H,1,3,9-10,18H2,(H,19,20);1H/t21-,30-;11-;13-;/m111./s1. The molecule has 2 heterocycles. The summed E-state index contributed by atoms with van der Waals surface area (Å²) in [5, 5.41) is 14.2. The second-order valence-corrected chi connectivity index (χ2v) is 21.7. The van der Waals surface area contributed by atoms with Crippen molar-refractivity contribution in [1.29, 1.82) is 0 Å². The zero-order valence-electron chi connectivity index (χ0n) is 51.9. The van der Waals surface area contributed by atoms with Gasteiger partial charge in [0.15, 0.2) is 11.4 Å². The number of ether oxygens (including phenoxy) is 6.